The van der Waals surface area contributed by atoms with Crippen LogP contribution in [-0.2, 0) is 4.79 Å². The minimum absolute atomic E-state index is 0.0193. The monoisotopic (exact) mass is 185 g/mol. The molecule has 0 heterocycles. The fraction of sp³-hybridized carbons (Fsp3) is 0.429. The van der Waals surface area contributed by atoms with Gasteiger partial charge < -0.3 is 10.2 Å². The number of carbonyl (C=O) groups is 1. The van der Waals surface area contributed by atoms with Gasteiger partial charge in [0.25, 0.3) is 5.91 Å². The molecule has 0 atom stereocenters. The summed E-state index contributed by atoms with van der Waals surface area (Å²) < 4.78 is 0. The van der Waals surface area contributed by atoms with Crippen molar-refractivity contribution in [2.75, 3.05) is 21.1 Å². The lowest BCUT2D eigenvalue weighted by atomic mass is 10.3. The summed E-state index contributed by atoms with van der Waals surface area (Å²) in [5.74, 6) is -0.350. The van der Waals surface area contributed by atoms with E-state index in [4.69, 9.17) is 5.26 Å². The standard InChI is InChI=1S/C7H11N3OS/c1-9-6(12)5(4-8)7(11)10(2)3/h9,12H,1-3H3/b6-5-. The molecular weight excluding hydrogens is 174 g/mol. The van der Waals surface area contributed by atoms with Crippen LogP contribution in [0.2, 0.25) is 0 Å². The van der Waals surface area contributed by atoms with E-state index in [1.54, 1.807) is 27.2 Å². The van der Waals surface area contributed by atoms with E-state index in [1.807, 2.05) is 0 Å². The molecule has 0 spiro atoms. The Morgan fingerprint density at radius 1 is 1.58 bits per heavy atom. The molecule has 0 aliphatic heterocycles. The van der Waals surface area contributed by atoms with E-state index in [9.17, 15) is 4.79 Å². The van der Waals surface area contributed by atoms with Crippen molar-refractivity contribution >= 4 is 18.5 Å². The largest absolute Gasteiger partial charge is 0.382 e. The van der Waals surface area contributed by atoms with E-state index >= 15 is 0 Å². The number of nitriles is 1. The highest BCUT2D eigenvalue weighted by Crippen LogP contribution is 2.06. The maximum atomic E-state index is 11.2. The first-order chi connectivity index (χ1) is 5.54. The third-order valence-electron chi connectivity index (χ3n) is 1.21. The molecule has 0 saturated carbocycles. The summed E-state index contributed by atoms with van der Waals surface area (Å²) in [5.41, 5.74) is 0.0193. The zero-order chi connectivity index (χ0) is 9.72. The first kappa shape index (κ1) is 10.8. The molecule has 0 aromatic carbocycles. The van der Waals surface area contributed by atoms with Gasteiger partial charge in [0.1, 0.15) is 11.6 Å². The zero-order valence-corrected chi connectivity index (χ0v) is 8.14. The lowest BCUT2D eigenvalue weighted by Gasteiger charge is -2.10. The Balaban J connectivity index is 4.84. The molecule has 1 amide bonds. The summed E-state index contributed by atoms with van der Waals surface area (Å²) in [7, 11) is 4.76. The van der Waals surface area contributed by atoms with E-state index in [0.717, 1.165) is 0 Å². The maximum absolute atomic E-state index is 11.2. The van der Waals surface area contributed by atoms with Crippen LogP contribution in [0.3, 0.4) is 0 Å². The minimum Gasteiger partial charge on any atom is -0.382 e. The van der Waals surface area contributed by atoms with E-state index in [-0.39, 0.29) is 16.5 Å². The van der Waals surface area contributed by atoms with E-state index in [2.05, 4.69) is 17.9 Å². The third-order valence-corrected chi connectivity index (χ3v) is 1.65. The predicted octanol–water partition coefficient (Wildman–Crippen LogP) is -0.0410. The molecule has 0 aromatic rings. The molecule has 0 aromatic heterocycles. The normalized spacial score (nSPS) is 11.2. The molecule has 0 radical (unpaired) electrons. The molecule has 4 nitrogen and oxygen atoms in total. The molecule has 0 rings (SSSR count). The van der Waals surface area contributed by atoms with Gasteiger partial charge in [0, 0.05) is 21.1 Å². The molecule has 0 bridgehead atoms. The van der Waals surface area contributed by atoms with E-state index < -0.39 is 0 Å². The van der Waals surface area contributed by atoms with Crippen molar-refractivity contribution in [3.63, 3.8) is 0 Å². The van der Waals surface area contributed by atoms with Crippen molar-refractivity contribution in [3.05, 3.63) is 10.6 Å². The second-order valence-corrected chi connectivity index (χ2v) is 2.73. The fourth-order valence-corrected chi connectivity index (χ4v) is 0.696. The van der Waals surface area contributed by atoms with Crippen LogP contribution in [0.4, 0.5) is 0 Å². The number of hydrogen-bond acceptors (Lipinski definition) is 4. The lowest BCUT2D eigenvalue weighted by Crippen LogP contribution is -2.25. The molecule has 1 N–H and O–H groups in total. The van der Waals surface area contributed by atoms with Crippen molar-refractivity contribution in [2.45, 2.75) is 0 Å². The van der Waals surface area contributed by atoms with Crippen molar-refractivity contribution in [1.29, 1.82) is 5.26 Å². The highest BCUT2D eigenvalue weighted by molar-refractivity contribution is 7.84. The molecule has 0 unspecified atom stereocenters. The summed E-state index contributed by atoms with van der Waals surface area (Å²) in [6.45, 7) is 0. The molecule has 0 saturated heterocycles. The highest BCUT2D eigenvalue weighted by atomic mass is 32.1. The molecule has 0 aliphatic rings. The quantitative estimate of drug-likeness (QED) is 0.360. The first-order valence-corrected chi connectivity index (χ1v) is 3.72. The smallest absolute Gasteiger partial charge is 0.266 e. The number of nitrogens with one attached hydrogen (secondary N) is 1. The SMILES string of the molecule is CN/C(S)=C(\C#N)C(=O)N(C)C. The summed E-state index contributed by atoms with van der Waals surface area (Å²) in [6, 6.07) is 1.78. The molecule has 0 fully saturated rings. The van der Waals surface area contributed by atoms with Crippen LogP contribution >= 0.6 is 12.6 Å². The van der Waals surface area contributed by atoms with Gasteiger partial charge in [-0.15, -0.1) is 12.6 Å². The van der Waals surface area contributed by atoms with Crippen LogP contribution in [0.15, 0.2) is 10.6 Å². The van der Waals surface area contributed by atoms with Crippen molar-refractivity contribution < 1.29 is 4.79 Å². The Hall–Kier alpha value is -1.15. The van der Waals surface area contributed by atoms with Gasteiger partial charge in [0.15, 0.2) is 0 Å². The number of nitrogens with zero attached hydrogens (tertiary/aromatic N) is 2. The van der Waals surface area contributed by atoms with Gasteiger partial charge in [-0.25, -0.2) is 0 Å². The van der Waals surface area contributed by atoms with Crippen LogP contribution < -0.4 is 5.32 Å². The van der Waals surface area contributed by atoms with Gasteiger partial charge in [-0.3, -0.25) is 4.79 Å². The molecular formula is C7H11N3OS. The molecule has 12 heavy (non-hydrogen) atoms. The number of hydrogen-bond donors (Lipinski definition) is 2. The second kappa shape index (κ2) is 4.67. The van der Waals surface area contributed by atoms with Gasteiger partial charge >= 0.3 is 0 Å². The van der Waals surface area contributed by atoms with Crippen molar-refractivity contribution in [2.24, 2.45) is 0 Å². The van der Waals surface area contributed by atoms with Crippen molar-refractivity contribution in [3.8, 4) is 6.07 Å². The molecule has 66 valence electrons. The van der Waals surface area contributed by atoms with Gasteiger partial charge in [-0.05, 0) is 0 Å². The molecule has 0 aliphatic carbocycles. The van der Waals surface area contributed by atoms with Crippen LogP contribution in [0, 0.1) is 11.3 Å². The van der Waals surface area contributed by atoms with Crippen LogP contribution in [0.1, 0.15) is 0 Å². The van der Waals surface area contributed by atoms with Crippen molar-refractivity contribution in [1.82, 2.24) is 10.2 Å². The predicted molar refractivity (Wildman–Crippen MR) is 49.4 cm³/mol. The number of thiol groups is 1. The van der Waals surface area contributed by atoms with Crippen LogP contribution in [-0.4, -0.2) is 32.0 Å². The first-order valence-electron chi connectivity index (χ1n) is 3.27. The van der Waals surface area contributed by atoms with Crippen LogP contribution in [0.25, 0.3) is 0 Å². The van der Waals surface area contributed by atoms with Crippen LogP contribution in [0.5, 0.6) is 0 Å². The number of amides is 1. The molecule has 5 heteroatoms. The minimum atomic E-state index is -0.350. The Morgan fingerprint density at radius 3 is 2.33 bits per heavy atom. The fourth-order valence-electron chi connectivity index (χ4n) is 0.551. The summed E-state index contributed by atoms with van der Waals surface area (Å²) in [6.07, 6.45) is 0. The Bertz CT molecular complexity index is 252. The van der Waals surface area contributed by atoms with Gasteiger partial charge in [0.05, 0.1) is 5.03 Å². The maximum Gasteiger partial charge on any atom is 0.266 e. The number of rotatable bonds is 2. The second-order valence-electron chi connectivity index (χ2n) is 2.28. The average Bonchev–Trinajstić information content (AvgIpc) is 2.05. The lowest BCUT2D eigenvalue weighted by molar-refractivity contribution is -0.124. The highest BCUT2D eigenvalue weighted by Gasteiger charge is 2.13. The Kier molecular flexibility index (Phi) is 4.22. The van der Waals surface area contributed by atoms with E-state index in [1.165, 1.54) is 4.90 Å². The summed E-state index contributed by atoms with van der Waals surface area (Å²) in [4.78, 5) is 12.6. The Morgan fingerprint density at radius 2 is 2.08 bits per heavy atom. The van der Waals surface area contributed by atoms with E-state index in [0.29, 0.717) is 0 Å². The summed E-state index contributed by atoms with van der Waals surface area (Å²) in [5, 5.41) is 11.5. The van der Waals surface area contributed by atoms with Gasteiger partial charge in [-0.1, -0.05) is 0 Å². The number of likely N-dealkylation sites (N-methyl/N-ethyl adjacent to an activating group) is 1. The zero-order valence-electron chi connectivity index (χ0n) is 7.25. The average molecular weight is 185 g/mol. The Labute approximate surface area is 77.3 Å². The van der Waals surface area contributed by atoms with Gasteiger partial charge in [-0.2, -0.15) is 5.26 Å². The number of carbonyl (C=O) groups excluding carboxylic acids is 1. The van der Waals surface area contributed by atoms with Gasteiger partial charge in [0.2, 0.25) is 0 Å². The topological polar surface area (TPSA) is 56.1 Å². The summed E-state index contributed by atoms with van der Waals surface area (Å²) >= 11 is 3.94. The third kappa shape index (κ3) is 2.47.